The number of hydrogen-bond acceptors (Lipinski definition) is 3. The molecule has 0 spiro atoms. The van der Waals surface area contributed by atoms with E-state index in [0.717, 1.165) is 24.0 Å². The van der Waals surface area contributed by atoms with Crippen molar-refractivity contribution in [3.8, 4) is 0 Å². The lowest BCUT2D eigenvalue weighted by molar-refractivity contribution is 0.0600. The third kappa shape index (κ3) is 6.83. The normalized spacial score (nSPS) is 17.3. The number of hydrogen-bond donors (Lipinski definition) is 0. The summed E-state index contributed by atoms with van der Waals surface area (Å²) in [5.74, 6) is -0.314. The Morgan fingerprint density at radius 3 is 2.19 bits per heavy atom. The van der Waals surface area contributed by atoms with Crippen LogP contribution in [0.1, 0.15) is 100 Å². The highest BCUT2D eigenvalue weighted by Crippen LogP contribution is 2.46. The summed E-state index contributed by atoms with van der Waals surface area (Å²) in [6.07, 6.45) is 6.66. The number of carbonyl (C=O) groups is 1. The zero-order chi connectivity index (χ0) is 27.6. The van der Waals surface area contributed by atoms with Crippen LogP contribution < -0.4 is 0 Å². The van der Waals surface area contributed by atoms with Crippen LogP contribution in [0.2, 0.25) is 18.1 Å². The Balaban J connectivity index is 1.87. The van der Waals surface area contributed by atoms with Crippen molar-refractivity contribution in [1.29, 1.82) is 0 Å². The van der Waals surface area contributed by atoms with Gasteiger partial charge in [0, 0.05) is 0 Å². The molecule has 0 aliphatic heterocycles. The second-order valence-electron chi connectivity index (χ2n) is 13.5. The first kappa shape index (κ1) is 29.4. The van der Waals surface area contributed by atoms with Gasteiger partial charge in [0.15, 0.2) is 8.32 Å². The first-order valence-electron chi connectivity index (χ1n) is 13.7. The summed E-state index contributed by atoms with van der Waals surface area (Å²) < 4.78 is 11.6. The number of aryl methyl sites for hydroxylation is 1. The fourth-order valence-corrected chi connectivity index (χ4v) is 5.85. The van der Waals surface area contributed by atoms with Gasteiger partial charge in [-0.25, -0.2) is 4.79 Å². The first-order valence-corrected chi connectivity index (χ1v) is 16.6. The van der Waals surface area contributed by atoms with Crippen LogP contribution in [0.15, 0.2) is 48.5 Å². The van der Waals surface area contributed by atoms with E-state index >= 15 is 0 Å². The Hall–Kier alpha value is -2.17. The molecule has 0 fully saturated rings. The minimum atomic E-state index is -1.92. The lowest BCUT2D eigenvalue weighted by Gasteiger charge is -2.42. The van der Waals surface area contributed by atoms with Crippen LogP contribution in [0.4, 0.5) is 0 Å². The maximum absolute atomic E-state index is 12.2. The van der Waals surface area contributed by atoms with Crippen molar-refractivity contribution in [1.82, 2.24) is 0 Å². The van der Waals surface area contributed by atoms with E-state index in [1.807, 2.05) is 12.1 Å². The van der Waals surface area contributed by atoms with Gasteiger partial charge in [-0.15, -0.1) is 0 Å². The van der Waals surface area contributed by atoms with Crippen LogP contribution in [-0.2, 0) is 26.4 Å². The summed E-state index contributed by atoms with van der Waals surface area (Å²) in [4.78, 5) is 12.2. The van der Waals surface area contributed by atoms with E-state index in [2.05, 4.69) is 91.9 Å². The largest absolute Gasteiger partial charge is 0.465 e. The fourth-order valence-electron chi connectivity index (χ4n) is 4.90. The molecule has 0 radical (unpaired) electrons. The van der Waals surface area contributed by atoms with Gasteiger partial charge in [-0.05, 0) is 94.6 Å². The van der Waals surface area contributed by atoms with Crippen LogP contribution in [-0.4, -0.2) is 28.0 Å². The number of rotatable bonds is 8. The molecule has 3 nitrogen and oxygen atoms in total. The predicted octanol–water partition coefficient (Wildman–Crippen LogP) is 8.86. The van der Waals surface area contributed by atoms with E-state index in [1.165, 1.54) is 36.6 Å². The van der Waals surface area contributed by atoms with Gasteiger partial charge in [0.25, 0.3) is 0 Å². The maximum atomic E-state index is 12.2. The van der Waals surface area contributed by atoms with Crippen LogP contribution in [0.5, 0.6) is 0 Å². The molecule has 2 aromatic rings. The number of carbonyl (C=O) groups excluding carboxylic acids is 1. The van der Waals surface area contributed by atoms with Crippen LogP contribution in [0.25, 0.3) is 5.57 Å². The SMILES string of the molecule is COC(=O)c1cccc(/C(=C/CCc2ccc3c(c2)C(C)(C)CCC3(C)C)CO[Si](C)(C)C(C)(C)C)c1. The number of benzene rings is 2. The smallest absolute Gasteiger partial charge is 0.337 e. The number of ether oxygens (including phenoxy) is 1. The topological polar surface area (TPSA) is 35.5 Å². The molecule has 0 saturated heterocycles. The Kier molecular flexibility index (Phi) is 8.66. The molecule has 202 valence electrons. The van der Waals surface area contributed by atoms with Gasteiger partial charge in [0.2, 0.25) is 0 Å². The van der Waals surface area contributed by atoms with Crippen molar-refractivity contribution in [2.24, 2.45) is 0 Å². The van der Waals surface area contributed by atoms with Crippen molar-refractivity contribution in [2.45, 2.75) is 103 Å². The van der Waals surface area contributed by atoms with Crippen molar-refractivity contribution >= 4 is 19.9 Å². The van der Waals surface area contributed by atoms with E-state index in [1.54, 1.807) is 6.07 Å². The lowest BCUT2D eigenvalue weighted by Crippen LogP contribution is -2.41. The molecule has 0 atom stereocenters. The Bertz CT molecular complexity index is 1150. The third-order valence-electron chi connectivity index (χ3n) is 8.79. The Morgan fingerprint density at radius 2 is 1.57 bits per heavy atom. The molecule has 0 N–H and O–H groups in total. The van der Waals surface area contributed by atoms with E-state index in [4.69, 9.17) is 9.16 Å². The molecule has 0 bridgehead atoms. The fraction of sp³-hybridized carbons (Fsp3) is 0.545. The molecule has 0 unspecified atom stereocenters. The quantitative estimate of drug-likeness (QED) is 0.257. The molecule has 2 aromatic carbocycles. The van der Waals surface area contributed by atoms with Crippen molar-refractivity contribution < 1.29 is 14.0 Å². The van der Waals surface area contributed by atoms with Gasteiger partial charge >= 0.3 is 5.97 Å². The number of methoxy groups -OCH3 is 1. The molecule has 37 heavy (non-hydrogen) atoms. The van der Waals surface area contributed by atoms with Gasteiger partial charge in [0.05, 0.1) is 19.3 Å². The van der Waals surface area contributed by atoms with Crippen molar-refractivity contribution in [3.05, 3.63) is 76.4 Å². The zero-order valence-corrected chi connectivity index (χ0v) is 25.9. The van der Waals surface area contributed by atoms with E-state index in [9.17, 15) is 4.79 Å². The highest BCUT2D eigenvalue weighted by Gasteiger charge is 2.38. The predicted molar refractivity (Wildman–Crippen MR) is 159 cm³/mol. The van der Waals surface area contributed by atoms with Gasteiger partial charge in [-0.1, -0.05) is 84.9 Å². The van der Waals surface area contributed by atoms with Gasteiger partial charge < -0.3 is 9.16 Å². The Labute approximate surface area is 226 Å². The van der Waals surface area contributed by atoms with Gasteiger partial charge in [0.1, 0.15) is 0 Å². The molecule has 0 amide bonds. The molecular formula is C33H48O3Si. The maximum Gasteiger partial charge on any atom is 0.337 e. The van der Waals surface area contributed by atoms with Crippen LogP contribution >= 0.6 is 0 Å². The summed E-state index contributed by atoms with van der Waals surface area (Å²) in [6.45, 7) is 21.4. The standard InChI is InChI=1S/C33H48O3Si/c1-31(2,3)37(9,10)36-23-27(25-14-12-15-26(22-25)30(34)35-8)16-11-13-24-17-18-28-29(21-24)33(6,7)20-19-32(28,4)5/h12,14-18,21-22H,11,13,19-20,23H2,1-10H3/b27-16+. The Morgan fingerprint density at radius 1 is 0.946 bits per heavy atom. The van der Waals surface area contributed by atoms with Crippen molar-refractivity contribution in [2.75, 3.05) is 13.7 Å². The molecule has 4 heteroatoms. The minimum absolute atomic E-state index is 0.135. The minimum Gasteiger partial charge on any atom is -0.465 e. The molecule has 0 saturated carbocycles. The first-order chi connectivity index (χ1) is 17.1. The van der Waals surface area contributed by atoms with E-state index in [0.29, 0.717) is 12.2 Å². The summed E-state index contributed by atoms with van der Waals surface area (Å²) >= 11 is 0. The molecule has 0 heterocycles. The van der Waals surface area contributed by atoms with E-state index in [-0.39, 0.29) is 21.8 Å². The van der Waals surface area contributed by atoms with E-state index < -0.39 is 8.32 Å². The molecule has 3 rings (SSSR count). The molecule has 0 aromatic heterocycles. The van der Waals surface area contributed by atoms with Crippen LogP contribution in [0.3, 0.4) is 0 Å². The number of allylic oxidation sites excluding steroid dienone is 1. The molecular weight excluding hydrogens is 472 g/mol. The summed E-state index contributed by atoms with van der Waals surface area (Å²) in [5.41, 5.74) is 7.58. The average molecular weight is 521 g/mol. The monoisotopic (exact) mass is 520 g/mol. The average Bonchev–Trinajstić information content (AvgIpc) is 2.83. The number of esters is 1. The molecule has 1 aliphatic rings. The highest BCUT2D eigenvalue weighted by molar-refractivity contribution is 6.74. The highest BCUT2D eigenvalue weighted by atomic mass is 28.4. The van der Waals surface area contributed by atoms with Crippen LogP contribution in [0, 0.1) is 0 Å². The van der Waals surface area contributed by atoms with Crippen molar-refractivity contribution in [3.63, 3.8) is 0 Å². The third-order valence-corrected chi connectivity index (χ3v) is 13.3. The lowest BCUT2D eigenvalue weighted by atomic mass is 9.63. The second kappa shape index (κ2) is 10.9. The number of fused-ring (bicyclic) bond motifs is 1. The second-order valence-corrected chi connectivity index (χ2v) is 18.3. The zero-order valence-electron chi connectivity index (χ0n) is 24.9. The summed E-state index contributed by atoms with van der Waals surface area (Å²) in [7, 11) is -0.501. The molecule has 1 aliphatic carbocycles. The summed E-state index contributed by atoms with van der Waals surface area (Å²) in [6, 6.07) is 14.9. The summed E-state index contributed by atoms with van der Waals surface area (Å²) in [5, 5.41) is 0.135. The van der Waals surface area contributed by atoms with Gasteiger partial charge in [-0.3, -0.25) is 0 Å². The van der Waals surface area contributed by atoms with Gasteiger partial charge in [-0.2, -0.15) is 0 Å².